The Morgan fingerprint density at radius 3 is 2.45 bits per heavy atom. The van der Waals surface area contributed by atoms with Gasteiger partial charge in [0.25, 0.3) is 0 Å². The van der Waals surface area contributed by atoms with E-state index in [1.165, 1.54) is 6.20 Å². The zero-order chi connectivity index (χ0) is 14.5. The van der Waals surface area contributed by atoms with Gasteiger partial charge in [-0.2, -0.15) is 0 Å². The number of carbonyl (C=O) groups is 2. The maximum atomic E-state index is 12.1. The largest absolute Gasteiger partial charge is 0.450 e. The number of hydrogen-bond donors (Lipinski definition) is 0. The van der Waals surface area contributed by atoms with Crippen LogP contribution in [0.1, 0.15) is 27.8 Å². The van der Waals surface area contributed by atoms with Crippen LogP contribution in [0.4, 0.5) is 0 Å². The normalized spacial score (nSPS) is 11.7. The molecule has 20 heavy (non-hydrogen) atoms. The van der Waals surface area contributed by atoms with E-state index in [4.69, 9.17) is 4.74 Å². The molecule has 2 aromatic rings. The van der Waals surface area contributed by atoms with Crippen LogP contribution >= 0.6 is 15.9 Å². The lowest BCUT2D eigenvalue weighted by Gasteiger charge is -2.12. The first-order valence-electron chi connectivity index (χ1n) is 5.99. The summed E-state index contributed by atoms with van der Waals surface area (Å²) < 4.78 is 6.00. The first-order valence-corrected chi connectivity index (χ1v) is 6.79. The SMILES string of the molecule is C[C@@H](OC(=O)c1ccccn1)C(=O)c1ccc(Br)cc1. The number of rotatable bonds is 4. The third-order valence-electron chi connectivity index (χ3n) is 2.66. The summed E-state index contributed by atoms with van der Waals surface area (Å²) >= 11 is 3.30. The van der Waals surface area contributed by atoms with E-state index in [0.717, 1.165) is 4.47 Å². The molecule has 1 aromatic heterocycles. The van der Waals surface area contributed by atoms with Crippen LogP contribution in [0.3, 0.4) is 0 Å². The summed E-state index contributed by atoms with van der Waals surface area (Å²) in [7, 11) is 0. The molecule has 0 aliphatic rings. The Hall–Kier alpha value is -2.01. The Bertz CT molecular complexity index is 611. The second-order valence-corrected chi connectivity index (χ2v) is 5.05. The van der Waals surface area contributed by atoms with Gasteiger partial charge in [-0.25, -0.2) is 9.78 Å². The Labute approximate surface area is 124 Å². The topological polar surface area (TPSA) is 56.3 Å². The van der Waals surface area contributed by atoms with Gasteiger partial charge in [0.05, 0.1) is 0 Å². The molecule has 0 unspecified atom stereocenters. The fourth-order valence-electron chi connectivity index (χ4n) is 1.61. The number of Topliss-reactive ketones (excluding diaryl/α,β-unsaturated/α-hetero) is 1. The summed E-state index contributed by atoms with van der Waals surface area (Å²) in [5.74, 6) is -0.856. The highest BCUT2D eigenvalue weighted by Gasteiger charge is 2.20. The average molecular weight is 334 g/mol. The molecule has 0 bridgehead atoms. The van der Waals surface area contributed by atoms with Gasteiger partial charge in [-0.3, -0.25) is 4.79 Å². The van der Waals surface area contributed by atoms with Crippen molar-refractivity contribution in [3.05, 3.63) is 64.4 Å². The standard InChI is InChI=1S/C15H12BrNO3/c1-10(14(18)11-5-7-12(16)8-6-11)20-15(19)13-4-2-3-9-17-13/h2-10H,1H3/t10-/m1/s1. The van der Waals surface area contributed by atoms with Crippen LogP contribution in [0.2, 0.25) is 0 Å². The lowest BCUT2D eigenvalue weighted by atomic mass is 10.1. The van der Waals surface area contributed by atoms with Gasteiger partial charge < -0.3 is 4.74 Å². The molecule has 4 nitrogen and oxygen atoms in total. The molecule has 2 rings (SSSR count). The first kappa shape index (κ1) is 14.4. The highest BCUT2D eigenvalue weighted by atomic mass is 79.9. The summed E-state index contributed by atoms with van der Waals surface area (Å²) in [5, 5.41) is 0. The molecule has 0 N–H and O–H groups in total. The van der Waals surface area contributed by atoms with Crippen LogP contribution in [0.5, 0.6) is 0 Å². The van der Waals surface area contributed by atoms with Crippen molar-refractivity contribution in [2.75, 3.05) is 0 Å². The van der Waals surface area contributed by atoms with Crippen molar-refractivity contribution in [1.82, 2.24) is 4.98 Å². The van der Waals surface area contributed by atoms with Crippen LogP contribution < -0.4 is 0 Å². The minimum absolute atomic E-state index is 0.183. The number of aromatic nitrogens is 1. The van der Waals surface area contributed by atoms with Crippen LogP contribution in [-0.2, 0) is 4.74 Å². The molecule has 0 radical (unpaired) electrons. The van der Waals surface area contributed by atoms with Gasteiger partial charge in [0.15, 0.2) is 6.10 Å². The van der Waals surface area contributed by atoms with E-state index >= 15 is 0 Å². The summed E-state index contributed by atoms with van der Waals surface area (Å²) in [6.07, 6.45) is 0.642. The van der Waals surface area contributed by atoms with Crippen molar-refractivity contribution in [3.8, 4) is 0 Å². The first-order chi connectivity index (χ1) is 9.58. The number of ether oxygens (including phenoxy) is 1. The number of pyridine rings is 1. The zero-order valence-electron chi connectivity index (χ0n) is 10.7. The highest BCUT2D eigenvalue weighted by molar-refractivity contribution is 9.10. The van der Waals surface area contributed by atoms with Crippen LogP contribution in [0, 0.1) is 0 Å². The van der Waals surface area contributed by atoms with Crippen LogP contribution in [0.15, 0.2) is 53.1 Å². The number of benzene rings is 1. The number of carbonyl (C=O) groups excluding carboxylic acids is 2. The van der Waals surface area contributed by atoms with E-state index in [-0.39, 0.29) is 11.5 Å². The molecule has 0 saturated carbocycles. The molecule has 0 aliphatic heterocycles. The number of hydrogen-bond acceptors (Lipinski definition) is 4. The Kier molecular flexibility index (Phi) is 4.63. The molecular formula is C15H12BrNO3. The Balaban J connectivity index is 2.05. The number of ketones is 1. The van der Waals surface area contributed by atoms with Crippen LogP contribution in [0.25, 0.3) is 0 Å². The summed E-state index contributed by atoms with van der Waals surface area (Å²) in [4.78, 5) is 27.8. The molecule has 5 heteroatoms. The third kappa shape index (κ3) is 3.51. The minimum Gasteiger partial charge on any atom is -0.450 e. The molecular weight excluding hydrogens is 322 g/mol. The van der Waals surface area contributed by atoms with Crippen molar-refractivity contribution in [2.24, 2.45) is 0 Å². The molecule has 102 valence electrons. The number of esters is 1. The van der Waals surface area contributed by atoms with Crippen molar-refractivity contribution in [1.29, 1.82) is 0 Å². The quantitative estimate of drug-likeness (QED) is 0.636. The summed E-state index contributed by atoms with van der Waals surface area (Å²) in [5.41, 5.74) is 0.678. The predicted molar refractivity (Wildman–Crippen MR) is 77.6 cm³/mol. The maximum Gasteiger partial charge on any atom is 0.357 e. The molecule has 0 spiro atoms. The van der Waals surface area contributed by atoms with E-state index in [2.05, 4.69) is 20.9 Å². The fraction of sp³-hybridized carbons (Fsp3) is 0.133. The molecule has 0 amide bonds. The Morgan fingerprint density at radius 2 is 1.85 bits per heavy atom. The van der Waals surface area contributed by atoms with E-state index in [1.807, 2.05) is 0 Å². The second-order valence-electron chi connectivity index (χ2n) is 4.13. The van der Waals surface area contributed by atoms with E-state index in [0.29, 0.717) is 5.56 Å². The van der Waals surface area contributed by atoms with Gasteiger partial charge in [0.1, 0.15) is 5.69 Å². The monoisotopic (exact) mass is 333 g/mol. The third-order valence-corrected chi connectivity index (χ3v) is 3.18. The fourth-order valence-corrected chi connectivity index (χ4v) is 1.87. The Morgan fingerprint density at radius 1 is 1.15 bits per heavy atom. The summed E-state index contributed by atoms with van der Waals surface area (Å²) in [6.45, 7) is 1.55. The molecule has 1 heterocycles. The van der Waals surface area contributed by atoms with Gasteiger partial charge in [-0.1, -0.05) is 34.1 Å². The number of halogens is 1. The zero-order valence-corrected chi connectivity index (χ0v) is 12.3. The van der Waals surface area contributed by atoms with E-state index in [9.17, 15) is 9.59 Å². The highest BCUT2D eigenvalue weighted by Crippen LogP contribution is 2.13. The number of nitrogens with zero attached hydrogens (tertiary/aromatic N) is 1. The smallest absolute Gasteiger partial charge is 0.357 e. The minimum atomic E-state index is -0.856. The predicted octanol–water partition coefficient (Wildman–Crippen LogP) is 3.27. The molecule has 0 aliphatic carbocycles. The lowest BCUT2D eigenvalue weighted by molar-refractivity contribution is 0.0313. The van der Waals surface area contributed by atoms with Gasteiger partial charge in [-0.15, -0.1) is 0 Å². The van der Waals surface area contributed by atoms with Gasteiger partial charge in [-0.05, 0) is 31.2 Å². The molecule has 0 fully saturated rings. The summed E-state index contributed by atoms with van der Waals surface area (Å²) in [6, 6.07) is 11.8. The second kappa shape index (κ2) is 6.43. The molecule has 1 aromatic carbocycles. The van der Waals surface area contributed by atoms with Gasteiger partial charge in [0, 0.05) is 16.2 Å². The van der Waals surface area contributed by atoms with Crippen molar-refractivity contribution < 1.29 is 14.3 Å². The maximum absolute atomic E-state index is 12.1. The van der Waals surface area contributed by atoms with Gasteiger partial charge >= 0.3 is 5.97 Å². The van der Waals surface area contributed by atoms with E-state index in [1.54, 1.807) is 49.4 Å². The van der Waals surface area contributed by atoms with Crippen molar-refractivity contribution in [3.63, 3.8) is 0 Å². The molecule has 1 atom stereocenters. The average Bonchev–Trinajstić information content (AvgIpc) is 2.48. The molecule has 0 saturated heterocycles. The van der Waals surface area contributed by atoms with Gasteiger partial charge in [0.2, 0.25) is 5.78 Å². The van der Waals surface area contributed by atoms with Crippen molar-refractivity contribution >= 4 is 27.7 Å². The lowest BCUT2D eigenvalue weighted by Crippen LogP contribution is -2.24. The van der Waals surface area contributed by atoms with Crippen LogP contribution in [-0.4, -0.2) is 22.8 Å². The van der Waals surface area contributed by atoms with E-state index < -0.39 is 12.1 Å². The van der Waals surface area contributed by atoms with Crippen molar-refractivity contribution in [2.45, 2.75) is 13.0 Å².